The van der Waals surface area contributed by atoms with Gasteiger partial charge in [-0.2, -0.15) is 5.10 Å². The molecule has 0 bridgehead atoms. The van der Waals surface area contributed by atoms with Crippen LogP contribution >= 0.6 is 0 Å². The minimum atomic E-state index is -0.221. The number of hydrogen-bond donors (Lipinski definition) is 2. The lowest BCUT2D eigenvalue weighted by atomic mass is 10.0. The lowest BCUT2D eigenvalue weighted by molar-refractivity contribution is -0.121. The molecule has 0 fully saturated rings. The zero-order chi connectivity index (χ0) is 19.1. The highest BCUT2D eigenvalue weighted by molar-refractivity contribution is 6.00. The molecule has 2 N–H and O–H groups in total. The van der Waals surface area contributed by atoms with Gasteiger partial charge in [-0.3, -0.25) is 9.59 Å². The van der Waals surface area contributed by atoms with Gasteiger partial charge in [0.25, 0.3) is 0 Å². The highest BCUT2D eigenvalue weighted by Gasteiger charge is 2.08. The van der Waals surface area contributed by atoms with E-state index in [4.69, 9.17) is 4.42 Å². The number of carbonyl (C=O) groups excluding carboxylic acids is 2. The first-order valence-electron chi connectivity index (χ1n) is 8.69. The molecule has 6 heteroatoms. The molecule has 0 radical (unpaired) electrons. The van der Waals surface area contributed by atoms with Crippen LogP contribution in [0.4, 0.5) is 0 Å². The zero-order valence-electron chi connectivity index (χ0n) is 15.1. The topological polar surface area (TPSA) is 83.7 Å². The van der Waals surface area contributed by atoms with Gasteiger partial charge in [-0.25, -0.2) is 5.43 Å². The number of hydrazone groups is 1. The quantitative estimate of drug-likeness (QED) is 0.499. The molecule has 0 aliphatic carbocycles. The van der Waals surface area contributed by atoms with Crippen LogP contribution in [0.3, 0.4) is 0 Å². The smallest absolute Gasteiger partial charge is 0.244 e. The fourth-order valence-electron chi connectivity index (χ4n) is 2.75. The van der Waals surface area contributed by atoms with Gasteiger partial charge in [0.2, 0.25) is 11.8 Å². The summed E-state index contributed by atoms with van der Waals surface area (Å²) in [5.41, 5.74) is 3.99. The van der Waals surface area contributed by atoms with Gasteiger partial charge in [0.1, 0.15) is 5.76 Å². The molecule has 27 heavy (non-hydrogen) atoms. The van der Waals surface area contributed by atoms with Crippen LogP contribution in [0.5, 0.6) is 0 Å². The Morgan fingerprint density at radius 3 is 2.63 bits per heavy atom. The summed E-state index contributed by atoms with van der Waals surface area (Å²) in [6, 6.07) is 17.4. The normalized spacial score (nSPS) is 11.4. The van der Waals surface area contributed by atoms with Crippen molar-refractivity contribution in [2.24, 2.45) is 5.10 Å². The van der Waals surface area contributed by atoms with Gasteiger partial charge in [-0.05, 0) is 35.4 Å². The summed E-state index contributed by atoms with van der Waals surface area (Å²) in [6.45, 7) is 2.03. The molecule has 2 amide bonds. The Morgan fingerprint density at radius 2 is 1.81 bits per heavy atom. The molecule has 0 aliphatic heterocycles. The number of hydrogen-bond acceptors (Lipinski definition) is 4. The summed E-state index contributed by atoms with van der Waals surface area (Å²) in [4.78, 5) is 24.1. The lowest BCUT2D eigenvalue weighted by Gasteiger charge is -2.06. The molecule has 3 rings (SSSR count). The number of benzene rings is 2. The van der Waals surface area contributed by atoms with Gasteiger partial charge in [-0.15, -0.1) is 0 Å². The number of amides is 2. The minimum Gasteiger partial charge on any atom is -0.467 e. The van der Waals surface area contributed by atoms with Crippen LogP contribution in [-0.4, -0.2) is 17.5 Å². The third kappa shape index (κ3) is 5.28. The van der Waals surface area contributed by atoms with Crippen molar-refractivity contribution in [3.63, 3.8) is 0 Å². The van der Waals surface area contributed by atoms with E-state index in [9.17, 15) is 9.59 Å². The zero-order valence-corrected chi connectivity index (χ0v) is 15.1. The van der Waals surface area contributed by atoms with Gasteiger partial charge in [0.05, 0.1) is 25.6 Å². The Labute approximate surface area is 157 Å². The van der Waals surface area contributed by atoms with Crippen molar-refractivity contribution in [2.45, 2.75) is 26.3 Å². The van der Waals surface area contributed by atoms with Crippen molar-refractivity contribution < 1.29 is 14.0 Å². The predicted octanol–water partition coefficient (Wildman–Crippen LogP) is 3.17. The minimum absolute atomic E-state index is 0.106. The van der Waals surface area contributed by atoms with Crippen molar-refractivity contribution in [3.05, 3.63) is 72.2 Å². The van der Waals surface area contributed by atoms with E-state index in [-0.39, 0.29) is 24.7 Å². The largest absolute Gasteiger partial charge is 0.467 e. The lowest BCUT2D eigenvalue weighted by Crippen LogP contribution is -2.26. The Morgan fingerprint density at radius 1 is 1.00 bits per heavy atom. The van der Waals surface area contributed by atoms with Gasteiger partial charge < -0.3 is 9.73 Å². The Kier molecular flexibility index (Phi) is 5.99. The molecule has 0 unspecified atom stereocenters. The van der Waals surface area contributed by atoms with E-state index in [0.717, 1.165) is 16.3 Å². The SMILES string of the molecule is CC(CC(=O)NCc1ccco1)=NNC(=O)Cc1cccc2ccccc12. The Hall–Kier alpha value is -3.41. The summed E-state index contributed by atoms with van der Waals surface area (Å²) in [5, 5.41) is 8.90. The fourth-order valence-corrected chi connectivity index (χ4v) is 2.75. The second-order valence-electron chi connectivity index (χ2n) is 6.23. The third-order valence-electron chi connectivity index (χ3n) is 4.06. The maximum Gasteiger partial charge on any atom is 0.244 e. The fraction of sp³-hybridized carbons (Fsp3) is 0.190. The number of furan rings is 1. The molecule has 3 aromatic rings. The van der Waals surface area contributed by atoms with E-state index in [0.29, 0.717) is 18.0 Å². The number of carbonyl (C=O) groups is 2. The van der Waals surface area contributed by atoms with Crippen molar-refractivity contribution >= 4 is 28.3 Å². The summed E-state index contributed by atoms with van der Waals surface area (Å²) in [7, 11) is 0. The highest BCUT2D eigenvalue weighted by atomic mass is 16.3. The average molecular weight is 363 g/mol. The molecule has 0 saturated carbocycles. The van der Waals surface area contributed by atoms with Crippen LogP contribution in [0.15, 0.2) is 70.4 Å². The van der Waals surface area contributed by atoms with Gasteiger partial charge in [0, 0.05) is 5.71 Å². The van der Waals surface area contributed by atoms with Crippen molar-refractivity contribution in [3.8, 4) is 0 Å². The summed E-state index contributed by atoms with van der Waals surface area (Å²) >= 11 is 0. The molecular weight excluding hydrogens is 342 g/mol. The summed E-state index contributed by atoms with van der Waals surface area (Å²) in [6.07, 6.45) is 1.89. The summed E-state index contributed by atoms with van der Waals surface area (Å²) in [5.74, 6) is 0.277. The maximum absolute atomic E-state index is 12.2. The molecule has 6 nitrogen and oxygen atoms in total. The number of nitrogens with zero attached hydrogens (tertiary/aromatic N) is 1. The van der Waals surface area contributed by atoms with Gasteiger partial charge in [-0.1, -0.05) is 42.5 Å². The number of nitrogens with one attached hydrogen (secondary N) is 2. The van der Waals surface area contributed by atoms with E-state index in [1.165, 1.54) is 0 Å². The van der Waals surface area contributed by atoms with Crippen LogP contribution in [0.2, 0.25) is 0 Å². The Bertz CT molecular complexity index is 956. The molecule has 1 heterocycles. The Balaban J connectivity index is 1.50. The molecule has 0 spiro atoms. The van der Waals surface area contributed by atoms with Crippen molar-refractivity contribution in [1.29, 1.82) is 0 Å². The van der Waals surface area contributed by atoms with E-state index in [2.05, 4.69) is 15.8 Å². The second kappa shape index (κ2) is 8.80. The van der Waals surface area contributed by atoms with Gasteiger partial charge in [0.15, 0.2) is 0 Å². The predicted molar refractivity (Wildman–Crippen MR) is 104 cm³/mol. The summed E-state index contributed by atoms with van der Waals surface area (Å²) < 4.78 is 5.15. The third-order valence-corrected chi connectivity index (χ3v) is 4.06. The molecule has 1 aromatic heterocycles. The second-order valence-corrected chi connectivity index (χ2v) is 6.23. The molecule has 0 saturated heterocycles. The number of fused-ring (bicyclic) bond motifs is 1. The first-order valence-corrected chi connectivity index (χ1v) is 8.69. The monoisotopic (exact) mass is 363 g/mol. The van der Waals surface area contributed by atoms with Crippen molar-refractivity contribution in [2.75, 3.05) is 0 Å². The average Bonchev–Trinajstić information content (AvgIpc) is 3.19. The molecule has 138 valence electrons. The van der Waals surface area contributed by atoms with Crippen LogP contribution in [-0.2, 0) is 22.6 Å². The highest BCUT2D eigenvalue weighted by Crippen LogP contribution is 2.18. The standard InChI is InChI=1S/C21H21N3O3/c1-15(12-20(25)22-14-18-9-5-11-27-18)23-24-21(26)13-17-8-4-7-16-6-2-3-10-19(16)17/h2-11H,12-14H2,1H3,(H,22,25)(H,24,26). The molecule has 0 aliphatic rings. The van der Waals surface area contributed by atoms with E-state index < -0.39 is 0 Å². The van der Waals surface area contributed by atoms with E-state index >= 15 is 0 Å². The first-order chi connectivity index (χ1) is 13.1. The first kappa shape index (κ1) is 18.4. The van der Waals surface area contributed by atoms with E-state index in [1.54, 1.807) is 25.3 Å². The van der Waals surface area contributed by atoms with Crippen molar-refractivity contribution in [1.82, 2.24) is 10.7 Å². The molecular formula is C21H21N3O3. The van der Waals surface area contributed by atoms with Crippen LogP contribution in [0.1, 0.15) is 24.7 Å². The van der Waals surface area contributed by atoms with Crippen LogP contribution < -0.4 is 10.7 Å². The van der Waals surface area contributed by atoms with Crippen LogP contribution in [0.25, 0.3) is 10.8 Å². The maximum atomic E-state index is 12.2. The number of rotatable bonds is 7. The molecule has 0 atom stereocenters. The van der Waals surface area contributed by atoms with Gasteiger partial charge >= 0.3 is 0 Å². The van der Waals surface area contributed by atoms with E-state index in [1.807, 2.05) is 42.5 Å². The van der Waals surface area contributed by atoms with Crippen LogP contribution in [0, 0.1) is 0 Å². The molecule has 2 aromatic carbocycles.